The quantitative estimate of drug-likeness (QED) is 0.109. The van der Waals surface area contributed by atoms with Gasteiger partial charge in [-0.3, -0.25) is 18.9 Å². The number of hydrogen-bond donors (Lipinski definition) is 1. The molecule has 0 unspecified atom stereocenters. The zero-order valence-corrected chi connectivity index (χ0v) is 35.7. The van der Waals surface area contributed by atoms with Crippen molar-refractivity contribution in [3.8, 4) is 5.75 Å². The number of rotatable bonds is 15. The van der Waals surface area contributed by atoms with Crippen molar-refractivity contribution >= 4 is 42.2 Å². The van der Waals surface area contributed by atoms with Crippen molar-refractivity contribution in [3.63, 3.8) is 0 Å². The molecule has 0 radical (unpaired) electrons. The Labute approximate surface area is 305 Å². The fraction of sp³-hybridized carbons (Fsp3) is 0.657. The summed E-state index contributed by atoms with van der Waals surface area (Å²) in [5.74, 6) is -0.795. The van der Waals surface area contributed by atoms with Gasteiger partial charge < -0.3 is 32.7 Å². The van der Waals surface area contributed by atoms with E-state index in [1.165, 1.54) is 23.8 Å². The van der Waals surface area contributed by atoms with Crippen LogP contribution in [0.15, 0.2) is 46.3 Å². The van der Waals surface area contributed by atoms with Crippen LogP contribution in [-0.4, -0.2) is 82.7 Å². The SMILES string of the molecule is CCOP(=O)(OCC)[C@@H](/N=C/c1ccc(OC)cc1)[C@H]1O[C@@H](n2ccc(NC(C)=O)nc2=O)[C@H](O[Si](C)(C)C(C)(C)C)[C@@H]1O[Si](C)(C)C(C)(C)C. The first-order chi connectivity index (χ1) is 23.5. The van der Waals surface area contributed by atoms with Crippen LogP contribution in [-0.2, 0) is 32.0 Å². The maximum atomic E-state index is 14.9. The average molecular weight is 767 g/mol. The van der Waals surface area contributed by atoms with E-state index in [1.807, 2.05) is 12.1 Å². The van der Waals surface area contributed by atoms with Crippen molar-refractivity contribution in [3.05, 3.63) is 52.6 Å². The highest BCUT2D eigenvalue weighted by atomic mass is 31.2. The van der Waals surface area contributed by atoms with Crippen LogP contribution in [0.2, 0.25) is 36.3 Å². The van der Waals surface area contributed by atoms with E-state index < -0.39 is 60.2 Å². The first-order valence-corrected chi connectivity index (χ1v) is 24.9. The minimum atomic E-state index is -4.05. The van der Waals surface area contributed by atoms with E-state index in [9.17, 15) is 14.2 Å². The van der Waals surface area contributed by atoms with Gasteiger partial charge >= 0.3 is 13.3 Å². The Kier molecular flexibility index (Phi) is 14.0. The molecule has 1 fully saturated rings. The molecule has 5 atom stereocenters. The Morgan fingerprint density at radius 2 is 1.51 bits per heavy atom. The number of carbonyl (C=O) groups excluding carboxylic acids is 1. The number of hydrogen-bond acceptors (Lipinski definition) is 11. The van der Waals surface area contributed by atoms with Crippen LogP contribution in [0, 0.1) is 0 Å². The second kappa shape index (κ2) is 16.7. The van der Waals surface area contributed by atoms with Crippen LogP contribution in [0.1, 0.15) is 74.1 Å². The normalized spacial score (nSPS) is 21.2. The number of anilines is 1. The fourth-order valence-corrected chi connectivity index (χ4v) is 9.54. The second-order valence-electron chi connectivity index (χ2n) is 15.7. The predicted octanol–water partition coefficient (Wildman–Crippen LogP) is 7.60. The predicted molar refractivity (Wildman–Crippen MR) is 206 cm³/mol. The summed E-state index contributed by atoms with van der Waals surface area (Å²) < 4.78 is 54.7. The van der Waals surface area contributed by atoms with E-state index in [0.29, 0.717) is 5.75 Å². The van der Waals surface area contributed by atoms with E-state index in [0.717, 1.165) is 5.56 Å². The summed E-state index contributed by atoms with van der Waals surface area (Å²) in [6.07, 6.45) is -0.723. The van der Waals surface area contributed by atoms with Crippen LogP contribution >= 0.6 is 7.60 Å². The van der Waals surface area contributed by atoms with Crippen molar-refractivity contribution in [1.82, 2.24) is 9.55 Å². The highest BCUT2D eigenvalue weighted by Gasteiger charge is 2.59. The Balaban J connectivity index is 2.36. The molecule has 0 bridgehead atoms. The number of ether oxygens (including phenoxy) is 2. The Bertz CT molecular complexity index is 1610. The molecule has 286 valence electrons. The van der Waals surface area contributed by atoms with E-state index >= 15 is 0 Å². The van der Waals surface area contributed by atoms with Gasteiger partial charge in [-0.05, 0) is 86.0 Å². The molecule has 51 heavy (non-hydrogen) atoms. The van der Waals surface area contributed by atoms with Crippen molar-refractivity contribution in [2.75, 3.05) is 25.6 Å². The van der Waals surface area contributed by atoms with E-state index in [-0.39, 0.29) is 35.0 Å². The lowest BCUT2D eigenvalue weighted by molar-refractivity contribution is -0.114. The summed E-state index contributed by atoms with van der Waals surface area (Å²) in [6.45, 7) is 26.2. The van der Waals surface area contributed by atoms with Crippen molar-refractivity contribution in [1.29, 1.82) is 0 Å². The van der Waals surface area contributed by atoms with Gasteiger partial charge in [0, 0.05) is 19.3 Å². The van der Waals surface area contributed by atoms with Gasteiger partial charge in [-0.15, -0.1) is 0 Å². The molecule has 1 saturated heterocycles. The molecule has 3 rings (SSSR count). The van der Waals surface area contributed by atoms with Gasteiger partial charge in [0.15, 0.2) is 28.6 Å². The topological polar surface area (TPSA) is 149 Å². The number of benzene rings is 1. The molecule has 1 aromatic heterocycles. The zero-order chi connectivity index (χ0) is 38.6. The standard InChI is InChI=1S/C35H59N4O9PSi2/c1-15-44-49(42,45-16-2)31(36-23-25-17-19-26(43-10)20-18-25)29-28(47-50(11,12)34(4,5)6)30(48-51(13,14)35(7,8)9)32(46-29)39-22-21-27(37-24(3)40)38-33(39)41/h17-23,28-32H,15-16H2,1-14H3,(H,37,38,40,41)/b36-23+/t28-,29+,30-,31-,32-/m1/s1. The molecule has 0 spiro atoms. The van der Waals surface area contributed by atoms with Gasteiger partial charge in [-0.1, -0.05) is 41.5 Å². The lowest BCUT2D eigenvalue weighted by Crippen LogP contribution is -2.55. The number of methoxy groups -OCH3 is 1. The lowest BCUT2D eigenvalue weighted by Gasteiger charge is -2.44. The number of nitrogens with zero attached hydrogens (tertiary/aromatic N) is 3. The Hall–Kier alpha value is -2.50. The summed E-state index contributed by atoms with van der Waals surface area (Å²) in [6, 6.07) is 8.80. The van der Waals surface area contributed by atoms with E-state index in [4.69, 9.17) is 32.4 Å². The first kappa shape index (κ1) is 42.9. The summed E-state index contributed by atoms with van der Waals surface area (Å²) in [4.78, 5) is 34.5. The van der Waals surface area contributed by atoms with Crippen molar-refractivity contribution in [2.45, 2.75) is 129 Å². The number of aliphatic imine (C=N–C) groups is 1. The maximum Gasteiger partial charge on any atom is 0.357 e. The third kappa shape index (κ3) is 10.3. The van der Waals surface area contributed by atoms with Crippen molar-refractivity contribution in [2.24, 2.45) is 4.99 Å². The molecule has 2 aromatic rings. The zero-order valence-electron chi connectivity index (χ0n) is 32.8. The van der Waals surface area contributed by atoms with Crippen LogP contribution in [0.4, 0.5) is 5.82 Å². The van der Waals surface area contributed by atoms with E-state index in [2.05, 4.69) is 78.0 Å². The Morgan fingerprint density at radius 3 is 1.96 bits per heavy atom. The summed E-state index contributed by atoms with van der Waals surface area (Å²) in [5.41, 5.74) is 0.0534. The molecular formula is C35H59N4O9PSi2. The molecule has 1 amide bonds. The van der Waals surface area contributed by atoms with E-state index in [1.54, 1.807) is 39.3 Å². The number of nitrogens with one attached hydrogen (secondary N) is 1. The summed E-state index contributed by atoms with van der Waals surface area (Å²) >= 11 is 0. The van der Waals surface area contributed by atoms with Crippen molar-refractivity contribution < 1.29 is 36.7 Å². The minimum Gasteiger partial charge on any atom is -0.497 e. The molecule has 2 heterocycles. The third-order valence-corrected chi connectivity index (χ3v) is 21.1. The largest absolute Gasteiger partial charge is 0.497 e. The summed E-state index contributed by atoms with van der Waals surface area (Å²) in [7, 11) is -7.67. The molecular weight excluding hydrogens is 708 g/mol. The molecule has 0 saturated carbocycles. The summed E-state index contributed by atoms with van der Waals surface area (Å²) in [5, 5.41) is 2.10. The third-order valence-electron chi connectivity index (χ3n) is 9.84. The molecule has 0 aliphatic carbocycles. The first-order valence-electron chi connectivity index (χ1n) is 17.4. The van der Waals surface area contributed by atoms with Gasteiger partial charge in [0.1, 0.15) is 29.9 Å². The van der Waals surface area contributed by atoms with Crippen LogP contribution < -0.4 is 15.7 Å². The lowest BCUT2D eigenvalue weighted by atomic mass is 10.1. The number of aromatic nitrogens is 2. The minimum absolute atomic E-state index is 0.0909. The van der Waals surface area contributed by atoms with Gasteiger partial charge in [0.25, 0.3) is 0 Å². The molecule has 1 aromatic carbocycles. The molecule has 13 nitrogen and oxygen atoms in total. The number of amides is 1. The highest BCUT2D eigenvalue weighted by molar-refractivity contribution is 7.54. The number of carbonyl (C=O) groups is 1. The van der Waals surface area contributed by atoms with Gasteiger partial charge in [-0.25, -0.2) is 4.79 Å². The smallest absolute Gasteiger partial charge is 0.357 e. The molecule has 1 aliphatic rings. The molecule has 1 aliphatic heterocycles. The van der Waals surface area contributed by atoms with Gasteiger partial charge in [0.05, 0.1) is 20.3 Å². The van der Waals surface area contributed by atoms with Crippen LogP contribution in [0.25, 0.3) is 0 Å². The van der Waals surface area contributed by atoms with Crippen LogP contribution in [0.3, 0.4) is 0 Å². The van der Waals surface area contributed by atoms with Gasteiger partial charge in [-0.2, -0.15) is 4.98 Å². The molecule has 1 N–H and O–H groups in total. The maximum absolute atomic E-state index is 14.9. The average Bonchev–Trinajstić information content (AvgIpc) is 3.32. The molecule has 16 heteroatoms. The van der Waals surface area contributed by atoms with Gasteiger partial charge in [0.2, 0.25) is 5.91 Å². The van der Waals surface area contributed by atoms with Crippen LogP contribution in [0.5, 0.6) is 5.75 Å². The Morgan fingerprint density at radius 1 is 0.980 bits per heavy atom. The fourth-order valence-electron chi connectivity index (χ4n) is 5.03. The second-order valence-corrected chi connectivity index (χ2v) is 27.3. The monoisotopic (exact) mass is 766 g/mol. The highest BCUT2D eigenvalue weighted by Crippen LogP contribution is 2.58.